The van der Waals surface area contributed by atoms with Gasteiger partial charge in [0.25, 0.3) is 5.91 Å². The molecule has 1 amide bonds. The van der Waals surface area contributed by atoms with E-state index in [0.29, 0.717) is 54.6 Å². The van der Waals surface area contributed by atoms with Gasteiger partial charge in [-0.05, 0) is 39.0 Å². The van der Waals surface area contributed by atoms with Crippen molar-refractivity contribution in [1.29, 1.82) is 0 Å². The molecule has 0 bridgehead atoms. The Bertz CT molecular complexity index is 810. The number of hydrogen-bond acceptors (Lipinski definition) is 6. The van der Waals surface area contributed by atoms with Crippen LogP contribution >= 0.6 is 15.9 Å². The maximum Gasteiger partial charge on any atom is 0.257 e. The lowest BCUT2D eigenvalue weighted by molar-refractivity contribution is 0.0772. The lowest BCUT2D eigenvalue weighted by atomic mass is 10.0. The number of aromatic nitrogens is 2. The van der Waals surface area contributed by atoms with Crippen LogP contribution in [0.2, 0.25) is 0 Å². The molecule has 146 valence electrons. The monoisotopic (exact) mass is 436 g/mol. The number of hydrogen-bond donors (Lipinski definition) is 1. The number of rotatable bonds is 8. The number of nitrogens with two attached hydrogens (primary N) is 1. The average molecular weight is 437 g/mol. The van der Waals surface area contributed by atoms with E-state index in [4.69, 9.17) is 15.2 Å². The number of halogens is 1. The first-order valence-electron chi connectivity index (χ1n) is 8.77. The van der Waals surface area contributed by atoms with Crippen LogP contribution in [0.4, 0.5) is 5.95 Å². The Morgan fingerprint density at radius 3 is 2.56 bits per heavy atom. The van der Waals surface area contributed by atoms with Gasteiger partial charge in [0.05, 0.1) is 23.6 Å². The van der Waals surface area contributed by atoms with Crippen molar-refractivity contribution >= 4 is 27.8 Å². The second-order valence-electron chi connectivity index (χ2n) is 5.85. The molecule has 2 N–H and O–H groups in total. The summed E-state index contributed by atoms with van der Waals surface area (Å²) in [6.07, 6.45) is 0. The van der Waals surface area contributed by atoms with Gasteiger partial charge in [0.15, 0.2) is 0 Å². The van der Waals surface area contributed by atoms with Crippen molar-refractivity contribution in [2.45, 2.75) is 20.8 Å². The van der Waals surface area contributed by atoms with Crippen LogP contribution in [0, 0.1) is 6.92 Å². The van der Waals surface area contributed by atoms with Crippen molar-refractivity contribution in [3.8, 4) is 17.0 Å². The fraction of sp³-hybridized carbons (Fsp3) is 0.421. The van der Waals surface area contributed by atoms with E-state index in [1.54, 1.807) is 18.9 Å². The summed E-state index contributed by atoms with van der Waals surface area (Å²) >= 11 is 3.48. The van der Waals surface area contributed by atoms with E-state index in [1.165, 1.54) is 0 Å². The standard InChI is InChI=1S/C19H25BrN4O3/c1-5-24(6-2)18(25)16-12(3)22-19(21)23-17(16)14-11-13(20)7-8-15(14)27-10-9-26-4/h7-8,11H,5-6,9-10H2,1-4H3,(H2,21,22,23). The van der Waals surface area contributed by atoms with Crippen molar-refractivity contribution < 1.29 is 14.3 Å². The molecular weight excluding hydrogens is 412 g/mol. The molecule has 0 aliphatic rings. The van der Waals surface area contributed by atoms with Crippen LogP contribution in [0.15, 0.2) is 22.7 Å². The minimum Gasteiger partial charge on any atom is -0.490 e. The molecule has 0 spiro atoms. The van der Waals surface area contributed by atoms with Crippen LogP contribution < -0.4 is 10.5 Å². The quantitative estimate of drug-likeness (QED) is 0.638. The number of amides is 1. The number of nitrogens with zero attached hydrogens (tertiary/aromatic N) is 3. The van der Waals surface area contributed by atoms with Crippen LogP contribution in [0.5, 0.6) is 5.75 Å². The molecule has 8 heteroatoms. The van der Waals surface area contributed by atoms with E-state index in [0.717, 1.165) is 4.47 Å². The SMILES string of the molecule is CCN(CC)C(=O)c1c(C)nc(N)nc1-c1cc(Br)ccc1OCCOC. The van der Waals surface area contributed by atoms with Gasteiger partial charge in [-0.15, -0.1) is 0 Å². The highest BCUT2D eigenvalue weighted by molar-refractivity contribution is 9.10. The van der Waals surface area contributed by atoms with Crippen molar-refractivity contribution in [3.05, 3.63) is 33.9 Å². The second-order valence-corrected chi connectivity index (χ2v) is 6.77. The zero-order valence-electron chi connectivity index (χ0n) is 16.1. The second kappa shape index (κ2) is 9.66. The van der Waals surface area contributed by atoms with Gasteiger partial charge in [-0.3, -0.25) is 4.79 Å². The van der Waals surface area contributed by atoms with Crippen LogP contribution in [0.3, 0.4) is 0 Å². The minimum atomic E-state index is -0.129. The third kappa shape index (κ3) is 4.95. The number of carbonyl (C=O) groups excluding carboxylic acids is 1. The molecule has 0 aliphatic heterocycles. The molecule has 0 saturated carbocycles. The summed E-state index contributed by atoms with van der Waals surface area (Å²) in [4.78, 5) is 23.5. The van der Waals surface area contributed by atoms with E-state index in [9.17, 15) is 4.79 Å². The first-order chi connectivity index (χ1) is 12.9. The van der Waals surface area contributed by atoms with E-state index < -0.39 is 0 Å². The molecule has 7 nitrogen and oxygen atoms in total. The van der Waals surface area contributed by atoms with Gasteiger partial charge in [-0.1, -0.05) is 15.9 Å². The lowest BCUT2D eigenvalue weighted by Gasteiger charge is -2.22. The molecule has 1 aromatic heterocycles. The third-order valence-corrected chi connectivity index (χ3v) is 4.61. The minimum absolute atomic E-state index is 0.112. The molecule has 2 aromatic rings. The fourth-order valence-electron chi connectivity index (χ4n) is 2.76. The summed E-state index contributed by atoms with van der Waals surface area (Å²) in [7, 11) is 1.61. The number of methoxy groups -OCH3 is 1. The Hall–Kier alpha value is -2.19. The zero-order valence-corrected chi connectivity index (χ0v) is 17.7. The van der Waals surface area contributed by atoms with Gasteiger partial charge in [0.1, 0.15) is 12.4 Å². The summed E-state index contributed by atoms with van der Waals surface area (Å²) in [6.45, 7) is 7.65. The number of benzene rings is 1. The number of anilines is 1. The Labute approximate surface area is 168 Å². The normalized spacial score (nSPS) is 10.7. The maximum atomic E-state index is 13.1. The van der Waals surface area contributed by atoms with Crippen molar-refractivity contribution in [3.63, 3.8) is 0 Å². The summed E-state index contributed by atoms with van der Waals surface area (Å²) in [5, 5.41) is 0. The first-order valence-corrected chi connectivity index (χ1v) is 9.57. The molecule has 0 unspecified atom stereocenters. The lowest BCUT2D eigenvalue weighted by Crippen LogP contribution is -2.32. The molecule has 0 radical (unpaired) electrons. The molecule has 0 atom stereocenters. The average Bonchev–Trinajstić information content (AvgIpc) is 2.63. The molecule has 1 heterocycles. The highest BCUT2D eigenvalue weighted by Crippen LogP contribution is 2.35. The number of carbonyl (C=O) groups is 1. The van der Waals surface area contributed by atoms with E-state index in [1.807, 2.05) is 32.0 Å². The topological polar surface area (TPSA) is 90.6 Å². The summed E-state index contributed by atoms with van der Waals surface area (Å²) in [6, 6.07) is 5.56. The number of aryl methyl sites for hydroxylation is 1. The smallest absolute Gasteiger partial charge is 0.257 e. The molecule has 1 aromatic carbocycles. The largest absolute Gasteiger partial charge is 0.490 e. The van der Waals surface area contributed by atoms with Crippen LogP contribution in [0.1, 0.15) is 29.9 Å². The molecule has 0 saturated heterocycles. The fourth-order valence-corrected chi connectivity index (χ4v) is 3.12. The van der Waals surface area contributed by atoms with Gasteiger partial charge < -0.3 is 20.1 Å². The van der Waals surface area contributed by atoms with Crippen molar-refractivity contribution in [1.82, 2.24) is 14.9 Å². The van der Waals surface area contributed by atoms with Gasteiger partial charge in [-0.25, -0.2) is 9.97 Å². The molecular formula is C19H25BrN4O3. The summed E-state index contributed by atoms with van der Waals surface area (Å²) in [5.74, 6) is 0.582. The van der Waals surface area contributed by atoms with Crippen LogP contribution in [0.25, 0.3) is 11.3 Å². The summed E-state index contributed by atoms with van der Waals surface area (Å²) < 4.78 is 11.7. The van der Waals surface area contributed by atoms with Gasteiger partial charge >= 0.3 is 0 Å². The Balaban J connectivity index is 2.64. The van der Waals surface area contributed by atoms with Gasteiger partial charge in [0, 0.05) is 30.2 Å². The molecule has 27 heavy (non-hydrogen) atoms. The first kappa shape index (κ1) is 21.1. The highest BCUT2D eigenvalue weighted by atomic mass is 79.9. The molecule has 2 rings (SSSR count). The Morgan fingerprint density at radius 1 is 1.22 bits per heavy atom. The highest BCUT2D eigenvalue weighted by Gasteiger charge is 2.25. The predicted molar refractivity (Wildman–Crippen MR) is 109 cm³/mol. The van der Waals surface area contributed by atoms with Gasteiger partial charge in [0.2, 0.25) is 5.95 Å². The van der Waals surface area contributed by atoms with E-state index >= 15 is 0 Å². The van der Waals surface area contributed by atoms with Crippen LogP contribution in [-0.4, -0.2) is 54.2 Å². The molecule has 0 aliphatic carbocycles. The number of nitrogen functional groups attached to an aromatic ring is 1. The Morgan fingerprint density at radius 2 is 1.93 bits per heavy atom. The van der Waals surface area contributed by atoms with Gasteiger partial charge in [-0.2, -0.15) is 0 Å². The van der Waals surface area contributed by atoms with Crippen molar-refractivity contribution in [2.75, 3.05) is 39.1 Å². The predicted octanol–water partition coefficient (Wildman–Crippen LogP) is 3.30. The summed E-state index contributed by atoms with van der Waals surface area (Å²) in [5.41, 5.74) is 8.01. The van der Waals surface area contributed by atoms with Crippen LogP contribution in [-0.2, 0) is 4.74 Å². The third-order valence-electron chi connectivity index (χ3n) is 4.11. The zero-order chi connectivity index (χ0) is 20.0. The Kier molecular flexibility index (Phi) is 7.55. The van der Waals surface area contributed by atoms with E-state index in [-0.39, 0.29) is 11.9 Å². The van der Waals surface area contributed by atoms with E-state index in [2.05, 4.69) is 25.9 Å². The van der Waals surface area contributed by atoms with Crippen molar-refractivity contribution in [2.24, 2.45) is 0 Å². The maximum absolute atomic E-state index is 13.1. The molecule has 0 fully saturated rings. The number of ether oxygens (including phenoxy) is 2.